The molecule has 0 aliphatic carbocycles. The van der Waals surface area contributed by atoms with Gasteiger partial charge in [0.25, 0.3) is 0 Å². The molecule has 0 aromatic rings. The van der Waals surface area contributed by atoms with Crippen LogP contribution in [0.15, 0.2) is 0 Å². The molecule has 7 nitrogen and oxygen atoms in total. The summed E-state index contributed by atoms with van der Waals surface area (Å²) < 4.78 is 57.8. The molecule has 0 spiro atoms. The summed E-state index contributed by atoms with van der Waals surface area (Å²) in [6.45, 7) is 0. The van der Waals surface area contributed by atoms with Crippen molar-refractivity contribution in [1.29, 1.82) is 0 Å². The summed E-state index contributed by atoms with van der Waals surface area (Å²) in [5, 5.41) is 0. The van der Waals surface area contributed by atoms with Crippen LogP contribution in [0.2, 0.25) is 0 Å². The molecule has 0 aromatic carbocycles. The van der Waals surface area contributed by atoms with E-state index in [1.165, 1.54) is 0 Å². The molecule has 0 aromatic heterocycles. The minimum atomic E-state index is -4.93. The van der Waals surface area contributed by atoms with E-state index in [4.69, 9.17) is 9.11 Å². The van der Waals surface area contributed by atoms with Crippen molar-refractivity contribution >= 4 is 58.0 Å². The number of methoxy groups -OCH3 is 1. The fraction of sp³-hybridized carbons (Fsp3) is 1.00. The summed E-state index contributed by atoms with van der Waals surface area (Å²) >= 11 is 0. The molecule has 13 heavy (non-hydrogen) atoms. The summed E-state index contributed by atoms with van der Waals surface area (Å²) in [6, 6.07) is 0. The van der Waals surface area contributed by atoms with Crippen molar-refractivity contribution in [1.82, 2.24) is 0 Å². The van der Waals surface area contributed by atoms with Crippen LogP contribution < -0.4 is 0 Å². The molecule has 0 amide bonds. The standard InChI is InChI=1S/C2H6O7S2.2Li.2H/c1-9-2(10(3,4)5)11(6,7)8;;;;/h2H,1H3,(H,3,4,5)(H,6,7,8);;;;. The normalized spacial score (nSPS) is 11.7. The SMILES string of the molecule is COC(S(=O)(=O)O)S(=O)(=O)O.[LiH].[LiH]. The Kier molecular flexibility index (Phi) is 9.70. The fourth-order valence-electron chi connectivity index (χ4n) is 0.397. The van der Waals surface area contributed by atoms with Gasteiger partial charge in [0.2, 0.25) is 0 Å². The van der Waals surface area contributed by atoms with Gasteiger partial charge in [-0.25, -0.2) is 0 Å². The predicted octanol–water partition coefficient (Wildman–Crippen LogP) is -2.60. The molecule has 0 fully saturated rings. The molecule has 0 atom stereocenters. The van der Waals surface area contributed by atoms with Crippen LogP contribution in [-0.2, 0) is 25.0 Å². The molecule has 11 heteroatoms. The van der Waals surface area contributed by atoms with E-state index < -0.39 is 25.0 Å². The topological polar surface area (TPSA) is 118 Å². The average molecular weight is 222 g/mol. The van der Waals surface area contributed by atoms with E-state index in [0.717, 1.165) is 0 Å². The van der Waals surface area contributed by atoms with E-state index in [1.807, 2.05) is 0 Å². The molecule has 0 saturated carbocycles. The van der Waals surface area contributed by atoms with Crippen molar-refractivity contribution in [3.05, 3.63) is 0 Å². The van der Waals surface area contributed by atoms with E-state index in [2.05, 4.69) is 4.74 Å². The third kappa shape index (κ3) is 6.97. The Morgan fingerprint density at radius 3 is 1.23 bits per heavy atom. The maximum atomic E-state index is 10.1. The first-order valence-corrected chi connectivity index (χ1v) is 5.15. The fourth-order valence-corrected chi connectivity index (χ4v) is 2.11. The van der Waals surface area contributed by atoms with Crippen molar-refractivity contribution in [3.8, 4) is 0 Å². The van der Waals surface area contributed by atoms with Gasteiger partial charge in [-0.3, -0.25) is 9.11 Å². The second-order valence-corrected chi connectivity index (χ2v) is 4.77. The van der Waals surface area contributed by atoms with Gasteiger partial charge in [-0.15, -0.1) is 0 Å². The first-order chi connectivity index (χ1) is 4.69. The van der Waals surface area contributed by atoms with Crippen LogP contribution in [0.4, 0.5) is 0 Å². The first kappa shape index (κ1) is 19.5. The molecule has 72 valence electrons. The van der Waals surface area contributed by atoms with E-state index >= 15 is 0 Å². The van der Waals surface area contributed by atoms with Gasteiger partial charge in [0.05, 0.1) is 0 Å². The molecule has 0 aliphatic heterocycles. The van der Waals surface area contributed by atoms with Gasteiger partial charge >= 0.3 is 62.7 Å². The predicted molar refractivity (Wildman–Crippen MR) is 48.2 cm³/mol. The van der Waals surface area contributed by atoms with Gasteiger partial charge in [-0.2, -0.15) is 16.8 Å². The summed E-state index contributed by atoms with van der Waals surface area (Å²) in [4.78, 5) is 0. The Balaban J connectivity index is -0.000000500. The zero-order valence-corrected chi connectivity index (χ0v) is 6.96. The van der Waals surface area contributed by atoms with E-state index in [9.17, 15) is 16.8 Å². The van der Waals surface area contributed by atoms with Crippen molar-refractivity contribution in [2.45, 2.75) is 4.77 Å². The van der Waals surface area contributed by atoms with Gasteiger partial charge in [-0.05, 0) is 0 Å². The summed E-state index contributed by atoms with van der Waals surface area (Å²) in [5.41, 5.74) is 0. The Morgan fingerprint density at radius 2 is 1.23 bits per heavy atom. The third-order valence-corrected chi connectivity index (χ3v) is 3.50. The van der Waals surface area contributed by atoms with Crippen LogP contribution in [-0.4, -0.2) is 75.5 Å². The molecular weight excluding hydrogens is 214 g/mol. The van der Waals surface area contributed by atoms with Gasteiger partial charge in [0.1, 0.15) is 0 Å². The van der Waals surface area contributed by atoms with Crippen molar-refractivity contribution in [3.63, 3.8) is 0 Å². The minimum absolute atomic E-state index is 0. The Morgan fingerprint density at radius 1 is 1.00 bits per heavy atom. The summed E-state index contributed by atoms with van der Waals surface area (Å²) in [5.74, 6) is 0. The second-order valence-electron chi connectivity index (χ2n) is 1.55. The Labute approximate surface area is 100 Å². The molecular formula is C2H8Li2O7S2. The average Bonchev–Trinajstić information content (AvgIpc) is 1.56. The molecule has 0 radical (unpaired) electrons. The van der Waals surface area contributed by atoms with Crippen molar-refractivity contribution < 1.29 is 30.7 Å². The second kappa shape index (κ2) is 6.46. The maximum absolute atomic E-state index is 10.1. The molecule has 0 saturated heterocycles. The van der Waals surface area contributed by atoms with E-state index in [-0.39, 0.29) is 37.7 Å². The molecule has 0 unspecified atom stereocenters. The van der Waals surface area contributed by atoms with Crippen molar-refractivity contribution in [2.75, 3.05) is 7.11 Å². The summed E-state index contributed by atoms with van der Waals surface area (Å²) in [7, 11) is -9.15. The van der Waals surface area contributed by atoms with Gasteiger partial charge in [0.15, 0.2) is 0 Å². The zero-order chi connectivity index (χ0) is 9.28. The van der Waals surface area contributed by atoms with Crippen LogP contribution in [0.5, 0.6) is 0 Å². The van der Waals surface area contributed by atoms with Crippen LogP contribution >= 0.6 is 0 Å². The number of hydrogen-bond acceptors (Lipinski definition) is 5. The zero-order valence-electron chi connectivity index (χ0n) is 5.33. The first-order valence-electron chi connectivity index (χ1n) is 2.15. The van der Waals surface area contributed by atoms with Gasteiger partial charge < -0.3 is 4.74 Å². The number of ether oxygens (including phenoxy) is 1. The van der Waals surface area contributed by atoms with E-state index in [0.29, 0.717) is 7.11 Å². The van der Waals surface area contributed by atoms with E-state index in [1.54, 1.807) is 0 Å². The number of hydrogen-bond donors (Lipinski definition) is 2. The molecule has 2 N–H and O–H groups in total. The van der Waals surface area contributed by atoms with Gasteiger partial charge in [-0.1, -0.05) is 0 Å². The monoisotopic (exact) mass is 222 g/mol. The van der Waals surface area contributed by atoms with Crippen LogP contribution in [0.3, 0.4) is 0 Å². The third-order valence-electron chi connectivity index (χ3n) is 0.679. The molecule has 0 heterocycles. The van der Waals surface area contributed by atoms with Crippen LogP contribution in [0.25, 0.3) is 0 Å². The van der Waals surface area contributed by atoms with Crippen LogP contribution in [0, 0.1) is 0 Å². The number of rotatable bonds is 3. The van der Waals surface area contributed by atoms with Crippen molar-refractivity contribution in [2.24, 2.45) is 0 Å². The molecule has 0 aliphatic rings. The summed E-state index contributed by atoms with van der Waals surface area (Å²) in [6.07, 6.45) is 0. The molecule has 0 bridgehead atoms. The molecule has 0 rings (SSSR count). The van der Waals surface area contributed by atoms with Gasteiger partial charge in [0, 0.05) is 7.11 Å². The Bertz CT molecular complexity index is 284. The Hall–Kier alpha value is 0.975. The van der Waals surface area contributed by atoms with Crippen LogP contribution in [0.1, 0.15) is 0 Å². The quantitative estimate of drug-likeness (QED) is 0.396.